The smallest absolute Gasteiger partial charge is 0.248 e. The fourth-order valence-corrected chi connectivity index (χ4v) is 4.63. The number of hydrogen-bond acceptors (Lipinski definition) is 6. The number of hydrogen-bond donors (Lipinski definition) is 2. The zero-order valence-corrected chi connectivity index (χ0v) is 18.0. The van der Waals surface area contributed by atoms with Gasteiger partial charge in [0.15, 0.2) is 5.82 Å². The number of aromatic nitrogens is 3. The molecular weight excluding hydrogens is 404 g/mol. The Labute approximate surface area is 187 Å². The van der Waals surface area contributed by atoms with Gasteiger partial charge in [0, 0.05) is 49.5 Å². The van der Waals surface area contributed by atoms with E-state index in [0.717, 1.165) is 69.2 Å². The van der Waals surface area contributed by atoms with Crippen molar-refractivity contribution in [3.05, 3.63) is 65.5 Å². The monoisotopic (exact) mass is 432 g/mol. The van der Waals surface area contributed by atoms with Gasteiger partial charge in [0.2, 0.25) is 5.91 Å². The van der Waals surface area contributed by atoms with Crippen LogP contribution in [0.3, 0.4) is 0 Å². The van der Waals surface area contributed by atoms with Crippen molar-refractivity contribution in [2.45, 2.75) is 18.9 Å². The first kappa shape index (κ1) is 20.7. The van der Waals surface area contributed by atoms with Gasteiger partial charge in [-0.2, -0.15) is 5.10 Å². The number of fused-ring (bicyclic) bond motifs is 1. The molecule has 32 heavy (non-hydrogen) atoms. The lowest BCUT2D eigenvalue weighted by Crippen LogP contribution is -2.47. The molecular formula is C24H28N6O2. The molecule has 1 fully saturated rings. The van der Waals surface area contributed by atoms with Gasteiger partial charge in [0.05, 0.1) is 12.7 Å². The molecule has 1 saturated heterocycles. The first-order chi connectivity index (χ1) is 15.7. The molecule has 1 atom stereocenters. The number of rotatable bonds is 6. The topological polar surface area (TPSA) is 100 Å². The molecule has 0 saturated carbocycles. The highest BCUT2D eigenvalue weighted by Crippen LogP contribution is 2.32. The zero-order valence-electron chi connectivity index (χ0n) is 18.0. The Morgan fingerprint density at radius 3 is 2.66 bits per heavy atom. The fourth-order valence-electron chi connectivity index (χ4n) is 4.63. The molecule has 166 valence electrons. The minimum atomic E-state index is -0.387. The average Bonchev–Trinajstić information content (AvgIpc) is 3.38. The van der Waals surface area contributed by atoms with Crippen LogP contribution in [0.5, 0.6) is 0 Å². The van der Waals surface area contributed by atoms with Crippen LogP contribution >= 0.6 is 0 Å². The minimum Gasteiger partial charge on any atom is -0.373 e. The first-order valence-electron chi connectivity index (χ1n) is 11.1. The molecule has 1 aromatic heterocycles. The van der Waals surface area contributed by atoms with Crippen LogP contribution in [0, 0.1) is 0 Å². The molecule has 8 heteroatoms. The van der Waals surface area contributed by atoms with Crippen molar-refractivity contribution >= 4 is 11.6 Å². The summed E-state index contributed by atoms with van der Waals surface area (Å²) < 4.78 is 6.14. The number of primary amides is 1. The fraction of sp³-hybridized carbons (Fsp3) is 0.375. The lowest BCUT2D eigenvalue weighted by molar-refractivity contribution is 0.0289. The van der Waals surface area contributed by atoms with Gasteiger partial charge >= 0.3 is 0 Å². The predicted molar refractivity (Wildman–Crippen MR) is 122 cm³/mol. The average molecular weight is 433 g/mol. The van der Waals surface area contributed by atoms with Gasteiger partial charge in [-0.05, 0) is 54.3 Å². The Morgan fingerprint density at radius 1 is 1.12 bits per heavy atom. The summed E-state index contributed by atoms with van der Waals surface area (Å²) in [7, 11) is 0. The van der Waals surface area contributed by atoms with E-state index in [-0.39, 0.29) is 12.0 Å². The standard InChI is InChI=1S/C24H28N6O2/c25-23(31)17-1-4-20(5-2-17)30-12-10-29(11-13-30)9-7-22-21-6-3-19(24-26-16-27-28-24)15-18(21)8-14-32-22/h1-6,15-16,22H,7-14H2,(H2,25,31)(H,26,27,28)/t22-/m0/s1. The third kappa shape index (κ3) is 4.37. The largest absolute Gasteiger partial charge is 0.373 e. The van der Waals surface area contributed by atoms with E-state index in [1.165, 1.54) is 17.5 Å². The number of H-pyrrole nitrogens is 1. The molecule has 3 aromatic rings. The van der Waals surface area contributed by atoms with Gasteiger partial charge in [-0.3, -0.25) is 14.8 Å². The van der Waals surface area contributed by atoms with E-state index in [1.807, 2.05) is 12.1 Å². The number of nitrogens with zero attached hydrogens (tertiary/aromatic N) is 4. The summed E-state index contributed by atoms with van der Waals surface area (Å²) in [5, 5.41) is 6.89. The highest BCUT2D eigenvalue weighted by Gasteiger charge is 2.24. The number of amides is 1. The van der Waals surface area contributed by atoms with Crippen LogP contribution in [0.15, 0.2) is 48.8 Å². The first-order valence-corrected chi connectivity index (χ1v) is 11.1. The molecule has 3 heterocycles. The van der Waals surface area contributed by atoms with E-state index in [2.05, 4.69) is 43.2 Å². The third-order valence-corrected chi connectivity index (χ3v) is 6.47. The maximum Gasteiger partial charge on any atom is 0.248 e. The molecule has 0 bridgehead atoms. The van der Waals surface area contributed by atoms with Crippen molar-refractivity contribution in [3.8, 4) is 11.4 Å². The van der Waals surface area contributed by atoms with Gasteiger partial charge in [-0.15, -0.1) is 0 Å². The normalized spacial score (nSPS) is 19.0. The van der Waals surface area contributed by atoms with Crippen LogP contribution in [0.25, 0.3) is 11.4 Å². The van der Waals surface area contributed by atoms with Crippen LogP contribution in [-0.2, 0) is 11.2 Å². The SMILES string of the molecule is NC(=O)c1ccc(N2CCN(CC[C@@H]3OCCc4cc(-c5ncn[nH]5)ccc43)CC2)cc1. The molecule has 2 aliphatic heterocycles. The number of aromatic amines is 1. The number of anilines is 1. The van der Waals surface area contributed by atoms with Gasteiger partial charge in [-0.1, -0.05) is 12.1 Å². The van der Waals surface area contributed by atoms with Gasteiger partial charge < -0.3 is 15.4 Å². The lowest BCUT2D eigenvalue weighted by Gasteiger charge is -2.37. The summed E-state index contributed by atoms with van der Waals surface area (Å²) in [6.07, 6.45) is 3.60. The second-order valence-electron chi connectivity index (χ2n) is 8.39. The third-order valence-electron chi connectivity index (χ3n) is 6.47. The number of nitrogens with two attached hydrogens (primary N) is 1. The van der Waals surface area contributed by atoms with Gasteiger partial charge in [-0.25, -0.2) is 4.98 Å². The molecule has 3 N–H and O–H groups in total. The second kappa shape index (κ2) is 9.10. The highest BCUT2D eigenvalue weighted by molar-refractivity contribution is 5.93. The van der Waals surface area contributed by atoms with E-state index in [1.54, 1.807) is 12.1 Å². The van der Waals surface area contributed by atoms with Gasteiger partial charge in [0.1, 0.15) is 6.33 Å². The number of carbonyl (C=O) groups is 1. The molecule has 0 spiro atoms. The van der Waals surface area contributed by atoms with Crippen molar-refractivity contribution in [1.29, 1.82) is 0 Å². The quantitative estimate of drug-likeness (QED) is 0.620. The summed E-state index contributed by atoms with van der Waals surface area (Å²) in [6.45, 7) is 5.75. The number of benzene rings is 2. The number of nitrogens with one attached hydrogen (secondary N) is 1. The Hall–Kier alpha value is -3.23. The van der Waals surface area contributed by atoms with E-state index in [9.17, 15) is 4.79 Å². The molecule has 0 aliphatic carbocycles. The molecule has 2 aromatic carbocycles. The van der Waals surface area contributed by atoms with Crippen molar-refractivity contribution < 1.29 is 9.53 Å². The van der Waals surface area contributed by atoms with Crippen molar-refractivity contribution in [2.24, 2.45) is 5.73 Å². The van der Waals surface area contributed by atoms with Crippen LogP contribution < -0.4 is 10.6 Å². The van der Waals surface area contributed by atoms with Crippen LogP contribution in [0.2, 0.25) is 0 Å². The Balaban J connectivity index is 1.16. The second-order valence-corrected chi connectivity index (χ2v) is 8.39. The number of piperazine rings is 1. The van der Waals surface area contributed by atoms with Crippen molar-refractivity contribution in [1.82, 2.24) is 20.1 Å². The van der Waals surface area contributed by atoms with Crippen LogP contribution in [0.1, 0.15) is 34.0 Å². The summed E-state index contributed by atoms with van der Waals surface area (Å²) in [5.41, 5.74) is 10.7. The zero-order chi connectivity index (χ0) is 21.9. The van der Waals surface area contributed by atoms with E-state index in [0.29, 0.717) is 5.56 Å². The molecule has 0 radical (unpaired) electrons. The number of carbonyl (C=O) groups excluding carboxylic acids is 1. The minimum absolute atomic E-state index is 0.141. The number of ether oxygens (including phenoxy) is 1. The van der Waals surface area contributed by atoms with Crippen LogP contribution in [0.4, 0.5) is 5.69 Å². The summed E-state index contributed by atoms with van der Waals surface area (Å²) in [5.74, 6) is 0.417. The Morgan fingerprint density at radius 2 is 1.94 bits per heavy atom. The molecule has 2 aliphatic rings. The van der Waals surface area contributed by atoms with Gasteiger partial charge in [0.25, 0.3) is 0 Å². The van der Waals surface area contributed by atoms with Crippen LogP contribution in [-0.4, -0.2) is 65.3 Å². The Kier molecular flexibility index (Phi) is 5.87. The molecule has 0 unspecified atom stereocenters. The molecule has 5 rings (SSSR count). The molecule has 1 amide bonds. The lowest BCUT2D eigenvalue weighted by atomic mass is 9.93. The highest BCUT2D eigenvalue weighted by atomic mass is 16.5. The Bertz CT molecular complexity index is 1060. The predicted octanol–water partition coefficient (Wildman–Crippen LogP) is 2.40. The van der Waals surface area contributed by atoms with E-state index >= 15 is 0 Å². The van der Waals surface area contributed by atoms with E-state index < -0.39 is 0 Å². The molecule has 8 nitrogen and oxygen atoms in total. The summed E-state index contributed by atoms with van der Waals surface area (Å²) >= 11 is 0. The maximum absolute atomic E-state index is 11.3. The summed E-state index contributed by atoms with van der Waals surface area (Å²) in [6, 6.07) is 14.1. The van der Waals surface area contributed by atoms with Crippen molar-refractivity contribution in [2.75, 3.05) is 44.2 Å². The summed E-state index contributed by atoms with van der Waals surface area (Å²) in [4.78, 5) is 20.4. The van der Waals surface area contributed by atoms with Crippen molar-refractivity contribution in [3.63, 3.8) is 0 Å². The maximum atomic E-state index is 11.3. The van der Waals surface area contributed by atoms with E-state index in [4.69, 9.17) is 10.5 Å².